The maximum atomic E-state index is 13.0. The molecule has 0 aromatic heterocycles. The first-order chi connectivity index (χ1) is 14.5. The summed E-state index contributed by atoms with van der Waals surface area (Å²) in [7, 11) is 1.63. The summed E-state index contributed by atoms with van der Waals surface area (Å²) < 4.78 is 5.17. The van der Waals surface area contributed by atoms with Crippen molar-refractivity contribution >= 4 is 29.1 Å². The van der Waals surface area contributed by atoms with Crippen molar-refractivity contribution in [2.24, 2.45) is 0 Å². The highest BCUT2D eigenvalue weighted by atomic mass is 35.5. The minimum atomic E-state index is -0.255. The van der Waals surface area contributed by atoms with Crippen LogP contribution in [-0.4, -0.2) is 62.6 Å². The molecule has 1 N–H and O–H groups in total. The van der Waals surface area contributed by atoms with Gasteiger partial charge in [0.15, 0.2) is 6.04 Å². The molecule has 0 saturated carbocycles. The molecular weight excluding hydrogens is 402 g/mol. The third-order valence-corrected chi connectivity index (χ3v) is 6.33. The summed E-state index contributed by atoms with van der Waals surface area (Å²) in [5, 5.41) is 0.728. The van der Waals surface area contributed by atoms with Crippen LogP contribution in [0.25, 0.3) is 0 Å². The van der Waals surface area contributed by atoms with Crippen LogP contribution in [0.1, 0.15) is 12.0 Å². The molecule has 2 amide bonds. The molecule has 7 heteroatoms. The zero-order valence-electron chi connectivity index (χ0n) is 17.1. The smallest absolute Gasteiger partial charge is 0.288 e. The van der Waals surface area contributed by atoms with E-state index in [4.69, 9.17) is 16.3 Å². The standard InChI is InChI=1S/C23H26ClN3O3/c1-30-20-7-5-17(6-8-20)9-10-27-22(28)16-21(23(27)29)26-13-11-25(12-14-26)19-4-2-3-18(24)15-19/h2-8,15,21H,9-14,16H2,1H3/p+1/t21-/m0/s1. The van der Waals surface area contributed by atoms with Crippen molar-refractivity contribution in [2.75, 3.05) is 44.7 Å². The first-order valence-corrected chi connectivity index (χ1v) is 10.7. The van der Waals surface area contributed by atoms with Gasteiger partial charge in [-0.3, -0.25) is 14.5 Å². The first kappa shape index (κ1) is 20.7. The maximum Gasteiger partial charge on any atom is 0.288 e. The summed E-state index contributed by atoms with van der Waals surface area (Å²) >= 11 is 6.11. The Bertz CT molecular complexity index is 910. The highest BCUT2D eigenvalue weighted by molar-refractivity contribution is 6.30. The summed E-state index contributed by atoms with van der Waals surface area (Å²) in [6, 6.07) is 15.3. The molecule has 2 aromatic rings. The summed E-state index contributed by atoms with van der Waals surface area (Å²) in [5.41, 5.74) is 2.19. The average Bonchev–Trinajstić information content (AvgIpc) is 3.06. The maximum absolute atomic E-state index is 13.0. The normalized spacial score (nSPS) is 20.1. The number of halogens is 1. The van der Waals surface area contributed by atoms with Gasteiger partial charge in [0.1, 0.15) is 5.75 Å². The van der Waals surface area contributed by atoms with Crippen LogP contribution in [0, 0.1) is 0 Å². The van der Waals surface area contributed by atoms with Gasteiger partial charge in [-0.15, -0.1) is 0 Å². The first-order valence-electron chi connectivity index (χ1n) is 10.4. The second kappa shape index (κ2) is 9.06. The van der Waals surface area contributed by atoms with E-state index < -0.39 is 0 Å². The van der Waals surface area contributed by atoms with Gasteiger partial charge in [-0.2, -0.15) is 0 Å². The fourth-order valence-corrected chi connectivity index (χ4v) is 4.53. The Balaban J connectivity index is 1.32. The number of piperazine rings is 1. The molecule has 1 atom stereocenters. The molecule has 0 spiro atoms. The van der Waals surface area contributed by atoms with Gasteiger partial charge in [-0.25, -0.2) is 0 Å². The van der Waals surface area contributed by atoms with Crippen LogP contribution in [0.5, 0.6) is 5.75 Å². The fraction of sp³-hybridized carbons (Fsp3) is 0.391. The molecule has 2 heterocycles. The SMILES string of the molecule is COc1ccc(CCN2C(=O)C[C@H]([NH+]3CCN(c4cccc(Cl)c4)CC3)C2=O)cc1. The fourth-order valence-electron chi connectivity index (χ4n) is 4.34. The Kier molecular flexibility index (Phi) is 6.25. The Labute approximate surface area is 182 Å². The lowest BCUT2D eigenvalue weighted by molar-refractivity contribution is -0.915. The lowest BCUT2D eigenvalue weighted by Crippen LogP contribution is -3.19. The Morgan fingerprint density at radius 2 is 1.83 bits per heavy atom. The van der Waals surface area contributed by atoms with E-state index in [-0.39, 0.29) is 17.9 Å². The number of ether oxygens (including phenoxy) is 1. The van der Waals surface area contributed by atoms with Crippen molar-refractivity contribution in [1.82, 2.24) is 4.90 Å². The highest BCUT2D eigenvalue weighted by Gasteiger charge is 2.45. The van der Waals surface area contributed by atoms with Crippen molar-refractivity contribution in [3.63, 3.8) is 0 Å². The van der Waals surface area contributed by atoms with Crippen LogP contribution < -0.4 is 14.5 Å². The van der Waals surface area contributed by atoms with E-state index in [1.807, 2.05) is 42.5 Å². The quantitative estimate of drug-likeness (QED) is 0.707. The van der Waals surface area contributed by atoms with E-state index in [2.05, 4.69) is 11.0 Å². The Morgan fingerprint density at radius 3 is 2.50 bits per heavy atom. The van der Waals surface area contributed by atoms with Gasteiger partial charge in [-0.05, 0) is 42.3 Å². The van der Waals surface area contributed by atoms with Gasteiger partial charge >= 0.3 is 0 Å². The third-order valence-electron chi connectivity index (χ3n) is 6.10. The van der Waals surface area contributed by atoms with Gasteiger partial charge in [0.25, 0.3) is 5.91 Å². The summed E-state index contributed by atoms with van der Waals surface area (Å²) in [6.45, 7) is 3.80. The average molecular weight is 429 g/mol. The number of rotatable bonds is 6. The number of hydrogen-bond acceptors (Lipinski definition) is 4. The van der Waals surface area contributed by atoms with Gasteiger partial charge in [0.05, 0.1) is 39.7 Å². The highest BCUT2D eigenvalue weighted by Crippen LogP contribution is 2.20. The van der Waals surface area contributed by atoms with E-state index in [1.54, 1.807) is 7.11 Å². The van der Waals surface area contributed by atoms with Crippen molar-refractivity contribution in [3.8, 4) is 5.75 Å². The zero-order chi connectivity index (χ0) is 21.1. The minimum Gasteiger partial charge on any atom is -0.497 e. The number of nitrogens with one attached hydrogen (secondary N) is 1. The monoisotopic (exact) mass is 428 g/mol. The molecule has 2 saturated heterocycles. The number of hydrogen-bond donors (Lipinski definition) is 1. The van der Waals surface area contributed by atoms with Gasteiger partial charge in [0.2, 0.25) is 5.91 Å². The van der Waals surface area contributed by atoms with Crippen LogP contribution in [-0.2, 0) is 16.0 Å². The van der Waals surface area contributed by atoms with Gasteiger partial charge < -0.3 is 14.5 Å². The van der Waals surface area contributed by atoms with Crippen LogP contribution >= 0.6 is 11.6 Å². The van der Waals surface area contributed by atoms with Gasteiger partial charge in [-0.1, -0.05) is 29.8 Å². The molecule has 2 fully saturated rings. The van der Waals surface area contributed by atoms with E-state index in [1.165, 1.54) is 9.80 Å². The summed E-state index contributed by atoms with van der Waals surface area (Å²) in [6.07, 6.45) is 0.972. The summed E-state index contributed by atoms with van der Waals surface area (Å²) in [4.78, 5) is 30.4. The van der Waals surface area contributed by atoms with Crippen LogP contribution in [0.2, 0.25) is 5.02 Å². The molecule has 30 heavy (non-hydrogen) atoms. The largest absolute Gasteiger partial charge is 0.497 e. The van der Waals surface area contributed by atoms with Crippen molar-refractivity contribution in [2.45, 2.75) is 18.9 Å². The minimum absolute atomic E-state index is 0.0280. The molecule has 6 nitrogen and oxygen atoms in total. The number of imide groups is 1. The molecule has 0 radical (unpaired) electrons. The molecule has 158 valence electrons. The topological polar surface area (TPSA) is 54.3 Å². The van der Waals surface area contributed by atoms with Crippen molar-refractivity contribution < 1.29 is 19.2 Å². The van der Waals surface area contributed by atoms with E-state index >= 15 is 0 Å². The van der Waals surface area contributed by atoms with Crippen LogP contribution in [0.3, 0.4) is 0 Å². The Morgan fingerprint density at radius 1 is 1.10 bits per heavy atom. The molecule has 4 rings (SSSR count). The van der Waals surface area contributed by atoms with E-state index in [9.17, 15) is 9.59 Å². The lowest BCUT2D eigenvalue weighted by Gasteiger charge is -2.35. The second-order valence-corrected chi connectivity index (χ2v) is 8.30. The zero-order valence-corrected chi connectivity index (χ0v) is 17.9. The number of likely N-dealkylation sites (tertiary alicyclic amines) is 1. The van der Waals surface area contributed by atoms with Crippen LogP contribution in [0.15, 0.2) is 48.5 Å². The molecule has 0 aliphatic carbocycles. The molecule has 0 bridgehead atoms. The summed E-state index contributed by atoms with van der Waals surface area (Å²) in [5.74, 6) is 0.718. The van der Waals surface area contributed by atoms with Crippen molar-refractivity contribution in [3.05, 3.63) is 59.1 Å². The predicted octanol–water partition coefficient (Wildman–Crippen LogP) is 1.42. The Hall–Kier alpha value is -2.57. The second-order valence-electron chi connectivity index (χ2n) is 7.86. The number of quaternary nitrogens is 1. The number of methoxy groups -OCH3 is 1. The van der Waals surface area contributed by atoms with Gasteiger partial charge in [0, 0.05) is 17.3 Å². The van der Waals surface area contributed by atoms with E-state index in [0.717, 1.165) is 48.2 Å². The number of amides is 2. The molecule has 2 aliphatic rings. The van der Waals surface area contributed by atoms with E-state index in [0.29, 0.717) is 19.4 Å². The number of benzene rings is 2. The molecule has 2 aromatic carbocycles. The lowest BCUT2D eigenvalue weighted by atomic mass is 10.1. The predicted molar refractivity (Wildman–Crippen MR) is 116 cm³/mol. The molecule has 0 unspecified atom stereocenters. The molecule has 2 aliphatic heterocycles. The van der Waals surface area contributed by atoms with Crippen LogP contribution in [0.4, 0.5) is 5.69 Å². The van der Waals surface area contributed by atoms with Crippen molar-refractivity contribution in [1.29, 1.82) is 0 Å². The number of carbonyl (C=O) groups is 2. The number of nitrogens with zero attached hydrogens (tertiary/aromatic N) is 2. The number of anilines is 1. The third kappa shape index (κ3) is 4.45. The number of carbonyl (C=O) groups excluding carboxylic acids is 2. The molecular formula is C23H27ClN3O3+.